The first-order valence-corrected chi connectivity index (χ1v) is 7.55. The van der Waals surface area contributed by atoms with Crippen molar-refractivity contribution in [3.8, 4) is 0 Å². The predicted molar refractivity (Wildman–Crippen MR) is 82.0 cm³/mol. The molecular formula is C12H8BrCl2NO2S. The van der Waals surface area contributed by atoms with Gasteiger partial charge in [0, 0.05) is 14.7 Å². The van der Waals surface area contributed by atoms with Crippen molar-refractivity contribution < 1.29 is 9.53 Å². The van der Waals surface area contributed by atoms with Crippen molar-refractivity contribution >= 4 is 62.1 Å². The summed E-state index contributed by atoms with van der Waals surface area (Å²) >= 11 is 16.5. The van der Waals surface area contributed by atoms with Crippen molar-refractivity contribution in [2.24, 2.45) is 0 Å². The number of benzene rings is 1. The number of hydrogen-bond donors (Lipinski definition) is 1. The lowest BCUT2D eigenvalue weighted by atomic mass is 10.2. The Kier molecular flexibility index (Phi) is 4.73. The third-order valence-corrected chi connectivity index (χ3v) is 4.75. The zero-order valence-electron chi connectivity index (χ0n) is 9.45. The lowest BCUT2D eigenvalue weighted by molar-refractivity contribution is 0.0477. The Morgan fingerprint density at radius 1 is 1.37 bits per heavy atom. The van der Waals surface area contributed by atoms with Gasteiger partial charge >= 0.3 is 5.97 Å². The molecule has 2 N–H and O–H groups in total. The molecular weight excluding hydrogens is 373 g/mol. The van der Waals surface area contributed by atoms with Gasteiger partial charge in [-0.05, 0) is 34.1 Å². The summed E-state index contributed by atoms with van der Waals surface area (Å²) in [6.45, 7) is 0.204. The van der Waals surface area contributed by atoms with Gasteiger partial charge in [-0.1, -0.05) is 23.2 Å². The minimum absolute atomic E-state index is 0.204. The summed E-state index contributed by atoms with van der Waals surface area (Å²) in [5.74, 6) is -0.491. The van der Waals surface area contributed by atoms with E-state index in [1.165, 1.54) is 23.5 Å². The number of carbonyl (C=O) groups is 1. The number of thiophene rings is 1. The van der Waals surface area contributed by atoms with Crippen LogP contribution in [0, 0.1) is 0 Å². The molecule has 0 aliphatic carbocycles. The number of rotatable bonds is 3. The number of ether oxygens (including phenoxy) is 1. The van der Waals surface area contributed by atoms with E-state index in [9.17, 15) is 4.79 Å². The molecule has 0 radical (unpaired) electrons. The summed E-state index contributed by atoms with van der Waals surface area (Å²) < 4.78 is 6.13. The fourth-order valence-electron chi connectivity index (χ4n) is 1.38. The van der Waals surface area contributed by atoms with Gasteiger partial charge in [0.15, 0.2) is 0 Å². The van der Waals surface area contributed by atoms with E-state index in [0.717, 1.165) is 9.35 Å². The molecule has 2 aromatic rings. The molecule has 2 rings (SSSR count). The molecule has 0 amide bonds. The fourth-order valence-corrected chi connectivity index (χ4v) is 3.08. The van der Waals surface area contributed by atoms with Crippen LogP contribution in [0.1, 0.15) is 15.2 Å². The number of esters is 1. The zero-order chi connectivity index (χ0) is 14.0. The highest BCUT2D eigenvalue weighted by Gasteiger charge is 2.13. The highest BCUT2D eigenvalue weighted by Crippen LogP contribution is 2.30. The van der Waals surface area contributed by atoms with E-state index in [-0.39, 0.29) is 27.9 Å². The molecule has 0 aliphatic rings. The molecule has 0 fully saturated rings. The van der Waals surface area contributed by atoms with Crippen molar-refractivity contribution in [1.29, 1.82) is 0 Å². The Morgan fingerprint density at radius 2 is 2.11 bits per heavy atom. The first-order valence-electron chi connectivity index (χ1n) is 5.12. The Morgan fingerprint density at radius 3 is 2.68 bits per heavy atom. The molecule has 0 aliphatic heterocycles. The van der Waals surface area contributed by atoms with E-state index in [1.54, 1.807) is 0 Å². The predicted octanol–water partition coefficient (Wildman–Crippen LogP) is 4.76. The molecule has 0 saturated heterocycles. The summed E-state index contributed by atoms with van der Waals surface area (Å²) in [7, 11) is 0. The van der Waals surface area contributed by atoms with Crippen LogP contribution < -0.4 is 5.73 Å². The van der Waals surface area contributed by atoms with E-state index in [4.69, 9.17) is 33.7 Å². The monoisotopic (exact) mass is 379 g/mol. The second kappa shape index (κ2) is 6.13. The molecule has 19 heavy (non-hydrogen) atoms. The molecule has 1 aromatic carbocycles. The summed E-state index contributed by atoms with van der Waals surface area (Å²) in [4.78, 5) is 12.8. The average Bonchev–Trinajstić information content (AvgIpc) is 2.78. The molecule has 0 atom stereocenters. The minimum atomic E-state index is -0.491. The molecule has 7 heteroatoms. The lowest BCUT2D eigenvalue weighted by Gasteiger charge is -2.06. The topological polar surface area (TPSA) is 52.3 Å². The third-order valence-electron chi connectivity index (χ3n) is 2.26. The maximum absolute atomic E-state index is 11.9. The molecule has 100 valence electrons. The summed E-state index contributed by atoms with van der Waals surface area (Å²) in [6, 6.07) is 4.77. The summed E-state index contributed by atoms with van der Waals surface area (Å²) in [5, 5.41) is 2.38. The highest BCUT2D eigenvalue weighted by molar-refractivity contribution is 9.10. The minimum Gasteiger partial charge on any atom is -0.456 e. The quantitative estimate of drug-likeness (QED) is 0.617. The van der Waals surface area contributed by atoms with E-state index in [0.29, 0.717) is 0 Å². The van der Waals surface area contributed by atoms with Crippen LogP contribution in [0.2, 0.25) is 10.0 Å². The number of carbonyl (C=O) groups excluding carboxylic acids is 1. The van der Waals surface area contributed by atoms with Crippen molar-refractivity contribution in [3.05, 3.63) is 48.5 Å². The number of nitrogen functional groups attached to an aromatic ring is 1. The molecule has 1 heterocycles. The number of nitrogens with two attached hydrogens (primary N) is 1. The lowest BCUT2D eigenvalue weighted by Crippen LogP contribution is -2.05. The summed E-state index contributed by atoms with van der Waals surface area (Å²) in [6.07, 6.45) is 0. The largest absolute Gasteiger partial charge is 0.456 e. The van der Waals surface area contributed by atoms with E-state index >= 15 is 0 Å². The van der Waals surface area contributed by atoms with Gasteiger partial charge in [-0.2, -0.15) is 0 Å². The van der Waals surface area contributed by atoms with Gasteiger partial charge in [0.25, 0.3) is 0 Å². The van der Waals surface area contributed by atoms with Gasteiger partial charge in [0.1, 0.15) is 6.61 Å². The van der Waals surface area contributed by atoms with Crippen LogP contribution >= 0.6 is 50.5 Å². The Hall–Kier alpha value is -0.750. The molecule has 0 bridgehead atoms. The standard InChI is InChI=1S/C12H8BrCl2NO2S/c13-7-3-8(19-5-7)4-18-12(17)6-1-9(14)11(15)10(16)2-6/h1-3,5H,4,16H2. The second-order valence-electron chi connectivity index (χ2n) is 3.67. The van der Waals surface area contributed by atoms with Crippen LogP contribution in [0.25, 0.3) is 0 Å². The second-order valence-corrected chi connectivity index (χ2v) is 6.37. The molecule has 3 nitrogen and oxygen atoms in total. The molecule has 1 aromatic heterocycles. The van der Waals surface area contributed by atoms with Crippen molar-refractivity contribution in [2.45, 2.75) is 6.61 Å². The van der Waals surface area contributed by atoms with E-state index in [2.05, 4.69) is 15.9 Å². The summed E-state index contributed by atoms with van der Waals surface area (Å²) in [5.41, 5.74) is 6.17. The number of halogens is 3. The Balaban J connectivity index is 2.08. The van der Waals surface area contributed by atoms with E-state index in [1.807, 2.05) is 11.4 Å². The fraction of sp³-hybridized carbons (Fsp3) is 0.0833. The van der Waals surface area contributed by atoms with Gasteiger partial charge in [0.2, 0.25) is 0 Å². The van der Waals surface area contributed by atoms with Crippen molar-refractivity contribution in [3.63, 3.8) is 0 Å². The molecule has 0 unspecified atom stereocenters. The van der Waals surface area contributed by atoms with Gasteiger partial charge in [0.05, 0.1) is 21.3 Å². The Labute approximate surface area is 132 Å². The van der Waals surface area contributed by atoms with Crippen LogP contribution in [0.15, 0.2) is 28.1 Å². The maximum atomic E-state index is 11.9. The average molecular weight is 381 g/mol. The van der Waals surface area contributed by atoms with Crippen molar-refractivity contribution in [1.82, 2.24) is 0 Å². The van der Waals surface area contributed by atoms with Crippen LogP contribution in [-0.4, -0.2) is 5.97 Å². The maximum Gasteiger partial charge on any atom is 0.338 e. The molecule has 0 spiro atoms. The van der Waals surface area contributed by atoms with Gasteiger partial charge in [-0.25, -0.2) is 4.79 Å². The van der Waals surface area contributed by atoms with Crippen molar-refractivity contribution in [2.75, 3.05) is 5.73 Å². The smallest absolute Gasteiger partial charge is 0.338 e. The van der Waals surface area contributed by atoms with Crippen LogP contribution in [-0.2, 0) is 11.3 Å². The van der Waals surface area contributed by atoms with Crippen LogP contribution in [0.3, 0.4) is 0 Å². The Bertz CT molecular complexity index is 607. The SMILES string of the molecule is Nc1cc(C(=O)OCc2cc(Br)cs2)cc(Cl)c1Cl. The number of hydrogen-bond acceptors (Lipinski definition) is 4. The highest BCUT2D eigenvalue weighted by atomic mass is 79.9. The van der Waals surface area contributed by atoms with Crippen LogP contribution in [0.4, 0.5) is 5.69 Å². The van der Waals surface area contributed by atoms with Gasteiger partial charge < -0.3 is 10.5 Å². The van der Waals surface area contributed by atoms with Gasteiger partial charge in [-0.15, -0.1) is 11.3 Å². The normalized spacial score (nSPS) is 10.5. The third kappa shape index (κ3) is 3.63. The van der Waals surface area contributed by atoms with E-state index < -0.39 is 5.97 Å². The molecule has 0 saturated carbocycles. The first-order chi connectivity index (χ1) is 8.97. The van der Waals surface area contributed by atoms with Gasteiger partial charge in [-0.3, -0.25) is 0 Å². The van der Waals surface area contributed by atoms with Crippen LogP contribution in [0.5, 0.6) is 0 Å². The number of anilines is 1. The zero-order valence-corrected chi connectivity index (χ0v) is 13.4. The first kappa shape index (κ1) is 14.7.